The molecule has 0 spiro atoms. The maximum atomic E-state index is 12.4. The summed E-state index contributed by atoms with van der Waals surface area (Å²) in [4.78, 5) is 14.7. The quantitative estimate of drug-likeness (QED) is 0.751. The average molecular weight is 326 g/mol. The molecule has 21 heavy (non-hydrogen) atoms. The summed E-state index contributed by atoms with van der Waals surface area (Å²) in [5, 5.41) is 0.949. The molecule has 2 aliphatic rings. The third-order valence-electron chi connectivity index (χ3n) is 4.98. The van der Waals surface area contributed by atoms with E-state index in [1.54, 1.807) is 18.2 Å². The number of carbonyl (C=O) groups is 1. The van der Waals surface area contributed by atoms with Crippen molar-refractivity contribution in [3.05, 3.63) is 33.8 Å². The molecule has 4 heteroatoms. The number of Topliss-reactive ketones (excluding diaryl/α,β-unsaturated/α-hetero) is 1. The largest absolute Gasteiger partial charge is 0.296 e. The molecule has 1 saturated carbocycles. The summed E-state index contributed by atoms with van der Waals surface area (Å²) in [6.45, 7) is 2.63. The molecule has 2 unspecified atom stereocenters. The molecule has 0 N–H and O–H groups in total. The van der Waals surface area contributed by atoms with E-state index < -0.39 is 0 Å². The van der Waals surface area contributed by atoms with E-state index in [0.717, 1.165) is 24.9 Å². The fraction of sp³-hybridized carbons (Fsp3) is 0.588. The lowest BCUT2D eigenvalue weighted by molar-refractivity contribution is 0.0713. The number of hydrogen-bond donors (Lipinski definition) is 0. The second kappa shape index (κ2) is 6.68. The molecule has 1 aliphatic heterocycles. The molecule has 114 valence electrons. The maximum absolute atomic E-state index is 12.4. The minimum atomic E-state index is 0.142. The van der Waals surface area contributed by atoms with E-state index in [-0.39, 0.29) is 5.78 Å². The monoisotopic (exact) mass is 325 g/mol. The Bertz CT molecular complexity index is 532. The Balaban J connectivity index is 1.61. The van der Waals surface area contributed by atoms with Crippen LogP contribution in [0, 0.1) is 11.8 Å². The summed E-state index contributed by atoms with van der Waals surface area (Å²) >= 11 is 11.9. The van der Waals surface area contributed by atoms with E-state index in [9.17, 15) is 4.79 Å². The molecular weight excluding hydrogens is 305 g/mol. The van der Waals surface area contributed by atoms with Gasteiger partial charge in [0.15, 0.2) is 5.78 Å². The number of benzene rings is 1. The number of nitrogens with zero attached hydrogens (tertiary/aromatic N) is 1. The predicted molar refractivity (Wildman–Crippen MR) is 87.3 cm³/mol. The number of carbonyl (C=O) groups excluding carboxylic acids is 1. The summed E-state index contributed by atoms with van der Waals surface area (Å²) < 4.78 is 0. The molecule has 2 fully saturated rings. The summed E-state index contributed by atoms with van der Waals surface area (Å²) in [6.07, 6.45) is 6.72. The van der Waals surface area contributed by atoms with Gasteiger partial charge in [-0.05, 0) is 49.4 Å². The van der Waals surface area contributed by atoms with Gasteiger partial charge in [0, 0.05) is 12.1 Å². The zero-order chi connectivity index (χ0) is 14.8. The van der Waals surface area contributed by atoms with Crippen LogP contribution in [0.2, 0.25) is 10.0 Å². The number of rotatable bonds is 3. The van der Waals surface area contributed by atoms with Gasteiger partial charge in [0.1, 0.15) is 0 Å². The molecule has 0 bridgehead atoms. The van der Waals surface area contributed by atoms with Crippen molar-refractivity contribution in [1.29, 1.82) is 0 Å². The number of hydrogen-bond acceptors (Lipinski definition) is 2. The van der Waals surface area contributed by atoms with Gasteiger partial charge in [-0.2, -0.15) is 0 Å². The van der Waals surface area contributed by atoms with Crippen molar-refractivity contribution in [2.75, 3.05) is 19.6 Å². The molecule has 0 amide bonds. The Morgan fingerprint density at radius 2 is 1.86 bits per heavy atom. The highest BCUT2D eigenvalue weighted by atomic mass is 35.5. The molecule has 1 heterocycles. The fourth-order valence-electron chi connectivity index (χ4n) is 3.78. The smallest absolute Gasteiger partial charge is 0.176 e. The van der Waals surface area contributed by atoms with Crippen molar-refractivity contribution >= 4 is 29.0 Å². The summed E-state index contributed by atoms with van der Waals surface area (Å²) in [5.74, 6) is 1.84. The Labute approximate surface area is 136 Å². The van der Waals surface area contributed by atoms with Crippen LogP contribution < -0.4 is 0 Å². The SMILES string of the molecule is O=C(CN1CCC2CCCCC2C1)c1ccc(Cl)c(Cl)c1. The molecule has 2 atom stereocenters. The van der Waals surface area contributed by atoms with Crippen LogP contribution in [-0.4, -0.2) is 30.3 Å². The summed E-state index contributed by atoms with van der Waals surface area (Å²) in [6, 6.07) is 5.15. The fourth-order valence-corrected chi connectivity index (χ4v) is 4.08. The highest BCUT2D eigenvalue weighted by Crippen LogP contribution is 2.36. The van der Waals surface area contributed by atoms with Gasteiger partial charge >= 0.3 is 0 Å². The minimum Gasteiger partial charge on any atom is -0.296 e. The molecule has 1 aliphatic carbocycles. The Morgan fingerprint density at radius 1 is 1.10 bits per heavy atom. The lowest BCUT2D eigenvalue weighted by Gasteiger charge is -2.41. The molecule has 3 rings (SSSR count). The van der Waals surface area contributed by atoms with Crippen molar-refractivity contribution < 1.29 is 4.79 Å². The maximum Gasteiger partial charge on any atom is 0.176 e. The van der Waals surface area contributed by atoms with Crippen LogP contribution in [-0.2, 0) is 0 Å². The standard InChI is InChI=1S/C17H21Cl2NO/c18-15-6-5-13(9-16(15)19)17(21)11-20-8-7-12-3-1-2-4-14(12)10-20/h5-6,9,12,14H,1-4,7-8,10-11H2. The van der Waals surface area contributed by atoms with E-state index in [1.807, 2.05) is 0 Å². The third kappa shape index (κ3) is 3.61. The van der Waals surface area contributed by atoms with Crippen molar-refractivity contribution in [3.8, 4) is 0 Å². The zero-order valence-electron chi connectivity index (χ0n) is 12.2. The second-order valence-corrected chi connectivity index (χ2v) is 7.19. The first-order chi connectivity index (χ1) is 10.1. The first-order valence-electron chi connectivity index (χ1n) is 7.84. The molecule has 2 nitrogen and oxygen atoms in total. The van der Waals surface area contributed by atoms with Crippen LogP contribution in [0.1, 0.15) is 42.5 Å². The first-order valence-corrected chi connectivity index (χ1v) is 8.59. The summed E-state index contributed by atoms with van der Waals surface area (Å²) in [7, 11) is 0. The number of ketones is 1. The Morgan fingerprint density at radius 3 is 2.62 bits per heavy atom. The molecule has 1 aromatic rings. The number of piperidine rings is 1. The van der Waals surface area contributed by atoms with E-state index in [4.69, 9.17) is 23.2 Å². The first kappa shape index (κ1) is 15.3. The second-order valence-electron chi connectivity index (χ2n) is 6.38. The van der Waals surface area contributed by atoms with Gasteiger partial charge in [0.05, 0.1) is 16.6 Å². The number of likely N-dealkylation sites (tertiary alicyclic amines) is 1. The zero-order valence-corrected chi connectivity index (χ0v) is 13.7. The molecule has 0 radical (unpaired) electrons. The lowest BCUT2D eigenvalue weighted by Crippen LogP contribution is -2.43. The van der Waals surface area contributed by atoms with Crippen molar-refractivity contribution in [2.24, 2.45) is 11.8 Å². The van der Waals surface area contributed by atoms with Gasteiger partial charge in [-0.3, -0.25) is 9.69 Å². The van der Waals surface area contributed by atoms with Crippen LogP contribution in [0.25, 0.3) is 0 Å². The van der Waals surface area contributed by atoms with Gasteiger partial charge < -0.3 is 0 Å². The Kier molecular flexibility index (Phi) is 4.88. The van der Waals surface area contributed by atoms with Crippen molar-refractivity contribution in [2.45, 2.75) is 32.1 Å². The van der Waals surface area contributed by atoms with E-state index >= 15 is 0 Å². The lowest BCUT2D eigenvalue weighted by atomic mass is 9.75. The van der Waals surface area contributed by atoms with E-state index in [2.05, 4.69) is 4.90 Å². The molecule has 1 saturated heterocycles. The van der Waals surface area contributed by atoms with Crippen molar-refractivity contribution in [1.82, 2.24) is 4.90 Å². The predicted octanol–water partition coefficient (Wildman–Crippen LogP) is 4.69. The van der Waals surface area contributed by atoms with Crippen LogP contribution in [0.5, 0.6) is 0 Å². The topological polar surface area (TPSA) is 20.3 Å². The van der Waals surface area contributed by atoms with Crippen LogP contribution >= 0.6 is 23.2 Å². The van der Waals surface area contributed by atoms with Gasteiger partial charge in [-0.15, -0.1) is 0 Å². The number of halogens is 2. The van der Waals surface area contributed by atoms with Gasteiger partial charge in [0.25, 0.3) is 0 Å². The normalized spacial score (nSPS) is 26.4. The molecule has 1 aromatic carbocycles. The van der Waals surface area contributed by atoms with E-state index in [0.29, 0.717) is 22.2 Å². The third-order valence-corrected chi connectivity index (χ3v) is 5.72. The highest BCUT2D eigenvalue weighted by Gasteiger charge is 2.31. The highest BCUT2D eigenvalue weighted by molar-refractivity contribution is 6.42. The van der Waals surface area contributed by atoms with Crippen LogP contribution in [0.4, 0.5) is 0 Å². The molecular formula is C17H21Cl2NO. The van der Waals surface area contributed by atoms with Crippen LogP contribution in [0.3, 0.4) is 0 Å². The van der Waals surface area contributed by atoms with Gasteiger partial charge in [0.2, 0.25) is 0 Å². The number of fused-ring (bicyclic) bond motifs is 1. The van der Waals surface area contributed by atoms with Gasteiger partial charge in [-0.1, -0.05) is 42.5 Å². The van der Waals surface area contributed by atoms with Crippen LogP contribution in [0.15, 0.2) is 18.2 Å². The summed E-state index contributed by atoms with van der Waals surface area (Å²) in [5.41, 5.74) is 0.662. The van der Waals surface area contributed by atoms with Gasteiger partial charge in [-0.25, -0.2) is 0 Å². The Hall–Kier alpha value is -0.570. The van der Waals surface area contributed by atoms with E-state index in [1.165, 1.54) is 32.1 Å². The molecule has 0 aromatic heterocycles. The average Bonchev–Trinajstić information content (AvgIpc) is 2.50. The van der Waals surface area contributed by atoms with Crippen molar-refractivity contribution in [3.63, 3.8) is 0 Å². The minimum absolute atomic E-state index is 0.142.